The van der Waals surface area contributed by atoms with Crippen molar-refractivity contribution in [2.24, 2.45) is 5.10 Å². The summed E-state index contributed by atoms with van der Waals surface area (Å²) in [5, 5.41) is 5.78. The van der Waals surface area contributed by atoms with Crippen molar-refractivity contribution in [1.29, 1.82) is 0 Å². The van der Waals surface area contributed by atoms with E-state index in [1.54, 1.807) is 5.12 Å². The van der Waals surface area contributed by atoms with Crippen LogP contribution in [0.25, 0.3) is 5.43 Å². The zero-order valence-electron chi connectivity index (χ0n) is 7.65. The second kappa shape index (κ2) is 3.06. The van der Waals surface area contributed by atoms with Crippen LogP contribution in [0.4, 0.5) is 0 Å². The predicted octanol–water partition coefficient (Wildman–Crippen LogP) is 1.40. The molecule has 1 aliphatic heterocycles. The first-order chi connectivity index (χ1) is 6.27. The lowest BCUT2D eigenvalue weighted by atomic mass is 10.1. The number of amidine groups is 1. The highest BCUT2D eigenvalue weighted by atomic mass is 15.8. The third-order valence-corrected chi connectivity index (χ3v) is 1.93. The van der Waals surface area contributed by atoms with Gasteiger partial charge in [0.25, 0.3) is 0 Å². The predicted molar refractivity (Wildman–Crippen MR) is 52.0 cm³/mol. The molecule has 0 unspecified atom stereocenters. The third kappa shape index (κ3) is 1.48. The summed E-state index contributed by atoms with van der Waals surface area (Å²) in [5.74, 6) is 0.737. The van der Waals surface area contributed by atoms with Gasteiger partial charge < -0.3 is 15.6 Å². The Hall–Kier alpha value is -1.55. The van der Waals surface area contributed by atoms with E-state index in [-0.39, 0.29) is 0 Å². The molecular weight excluding hydrogens is 164 g/mol. The minimum atomic E-state index is 0.737. The van der Waals surface area contributed by atoms with E-state index in [4.69, 9.17) is 0 Å². The highest BCUT2D eigenvalue weighted by Crippen LogP contribution is 2.14. The molecule has 0 saturated heterocycles. The lowest BCUT2D eigenvalue weighted by molar-refractivity contribution is 0.307. The molecule has 0 atom stereocenters. The van der Waals surface area contributed by atoms with Crippen LogP contribution in [0.2, 0.25) is 0 Å². The first kappa shape index (κ1) is 8.07. The van der Waals surface area contributed by atoms with Crippen molar-refractivity contribution in [3.05, 3.63) is 40.8 Å². The van der Waals surface area contributed by atoms with Crippen molar-refractivity contribution in [2.75, 3.05) is 7.05 Å². The molecule has 0 saturated carbocycles. The lowest BCUT2D eigenvalue weighted by Gasteiger charge is -2.12. The quantitative estimate of drug-likeness (QED) is 0.700. The standard InChI is InChI=1S/C9H11N4/c1-7-5-3-4-6-8(7)9-10-12-13(2)11-9/h3-6,12H,1-2H3/q-1. The van der Waals surface area contributed by atoms with Gasteiger partial charge in [-0.3, -0.25) is 0 Å². The van der Waals surface area contributed by atoms with Gasteiger partial charge in [0.05, 0.1) is 0 Å². The minimum absolute atomic E-state index is 0.737. The molecule has 4 nitrogen and oxygen atoms in total. The fourth-order valence-corrected chi connectivity index (χ4v) is 1.24. The Kier molecular flexibility index (Phi) is 1.90. The van der Waals surface area contributed by atoms with Crippen LogP contribution in [0.5, 0.6) is 0 Å². The Balaban J connectivity index is 2.36. The van der Waals surface area contributed by atoms with Crippen molar-refractivity contribution < 1.29 is 0 Å². The summed E-state index contributed by atoms with van der Waals surface area (Å²) in [6.07, 6.45) is 0. The number of nitrogens with zero attached hydrogens (tertiary/aromatic N) is 3. The van der Waals surface area contributed by atoms with Gasteiger partial charge in [-0.2, -0.15) is 0 Å². The summed E-state index contributed by atoms with van der Waals surface area (Å²) < 4.78 is 0. The number of nitrogens with one attached hydrogen (secondary N) is 1. The second-order valence-corrected chi connectivity index (χ2v) is 2.97. The normalized spacial score (nSPS) is 15.5. The zero-order valence-corrected chi connectivity index (χ0v) is 7.65. The summed E-state index contributed by atoms with van der Waals surface area (Å²) in [4.78, 5) is 0. The van der Waals surface area contributed by atoms with Gasteiger partial charge in [-0.15, -0.1) is 0 Å². The van der Waals surface area contributed by atoms with E-state index in [2.05, 4.69) is 16.1 Å². The third-order valence-electron chi connectivity index (χ3n) is 1.93. The summed E-state index contributed by atoms with van der Waals surface area (Å²) in [7, 11) is 1.81. The van der Waals surface area contributed by atoms with Crippen molar-refractivity contribution >= 4 is 5.84 Å². The highest BCUT2D eigenvalue weighted by Gasteiger charge is 2.02. The first-order valence-electron chi connectivity index (χ1n) is 4.12. The summed E-state index contributed by atoms with van der Waals surface area (Å²) in [6, 6.07) is 8.05. The molecule has 2 rings (SSSR count). The van der Waals surface area contributed by atoms with E-state index >= 15 is 0 Å². The number of hydrogen-bond donors (Lipinski definition) is 1. The molecule has 13 heavy (non-hydrogen) atoms. The van der Waals surface area contributed by atoms with E-state index < -0.39 is 0 Å². The maximum Gasteiger partial charge on any atom is 0.0218 e. The molecule has 0 spiro atoms. The summed E-state index contributed by atoms with van der Waals surface area (Å²) in [5.41, 5.74) is 9.07. The van der Waals surface area contributed by atoms with E-state index in [9.17, 15) is 0 Å². The van der Waals surface area contributed by atoms with Crippen LogP contribution in [0.1, 0.15) is 11.1 Å². The molecule has 0 radical (unpaired) electrons. The zero-order chi connectivity index (χ0) is 9.26. The molecule has 68 valence electrons. The monoisotopic (exact) mass is 175 g/mol. The van der Waals surface area contributed by atoms with E-state index in [1.165, 1.54) is 5.56 Å². The van der Waals surface area contributed by atoms with Crippen LogP contribution in [0.15, 0.2) is 29.4 Å². The fraction of sp³-hybridized carbons (Fsp3) is 0.222. The molecule has 0 fully saturated rings. The van der Waals surface area contributed by atoms with Crippen LogP contribution in [0, 0.1) is 6.92 Å². The number of rotatable bonds is 1. The van der Waals surface area contributed by atoms with Crippen molar-refractivity contribution in [2.45, 2.75) is 6.92 Å². The van der Waals surface area contributed by atoms with Crippen molar-refractivity contribution in [3.8, 4) is 0 Å². The second-order valence-electron chi connectivity index (χ2n) is 2.97. The molecule has 1 aliphatic rings. The van der Waals surface area contributed by atoms with Crippen LogP contribution in [0.3, 0.4) is 0 Å². The van der Waals surface area contributed by atoms with Crippen LogP contribution >= 0.6 is 0 Å². The van der Waals surface area contributed by atoms with Crippen LogP contribution in [-0.2, 0) is 0 Å². The van der Waals surface area contributed by atoms with Gasteiger partial charge in [0, 0.05) is 7.05 Å². The number of hydrazine groups is 1. The molecule has 1 aromatic rings. The molecule has 0 amide bonds. The number of aryl methyl sites for hydroxylation is 1. The van der Waals surface area contributed by atoms with E-state index in [1.807, 2.05) is 38.2 Å². The van der Waals surface area contributed by atoms with Gasteiger partial charge in [-0.1, -0.05) is 24.3 Å². The molecule has 0 bridgehead atoms. The molecule has 1 N–H and O–H groups in total. The molecule has 1 aromatic carbocycles. The number of hydrogen-bond acceptors (Lipinski definition) is 3. The van der Waals surface area contributed by atoms with Crippen LogP contribution < -0.4 is 5.53 Å². The lowest BCUT2D eigenvalue weighted by Crippen LogP contribution is -2.19. The average molecular weight is 175 g/mol. The Morgan fingerprint density at radius 1 is 1.38 bits per heavy atom. The average Bonchev–Trinajstić information content (AvgIpc) is 2.53. The Labute approximate surface area is 77.2 Å². The smallest absolute Gasteiger partial charge is 0.0218 e. The summed E-state index contributed by atoms with van der Waals surface area (Å²) >= 11 is 0. The van der Waals surface area contributed by atoms with Gasteiger partial charge in [0.2, 0.25) is 0 Å². The fourth-order valence-electron chi connectivity index (χ4n) is 1.24. The molecule has 0 aromatic heterocycles. The van der Waals surface area contributed by atoms with Crippen LogP contribution in [-0.4, -0.2) is 18.0 Å². The molecular formula is C9H11N4-. The highest BCUT2D eigenvalue weighted by molar-refractivity contribution is 6.09. The topological polar surface area (TPSA) is 41.7 Å². The molecule has 0 aliphatic carbocycles. The van der Waals surface area contributed by atoms with Gasteiger partial charge in [-0.25, -0.2) is 5.53 Å². The van der Waals surface area contributed by atoms with Crippen molar-refractivity contribution in [1.82, 2.24) is 10.7 Å². The van der Waals surface area contributed by atoms with Gasteiger partial charge in [0.1, 0.15) is 0 Å². The Bertz CT molecular complexity index is 345. The van der Waals surface area contributed by atoms with Gasteiger partial charge in [0.15, 0.2) is 0 Å². The van der Waals surface area contributed by atoms with E-state index in [0.717, 1.165) is 11.4 Å². The first-order valence-corrected chi connectivity index (χ1v) is 4.12. The molecule has 4 heteroatoms. The number of benzene rings is 1. The SMILES string of the molecule is Cc1ccccc1C1=NN(C)N[N-]1. The maximum atomic E-state index is 4.19. The van der Waals surface area contributed by atoms with E-state index in [0.29, 0.717) is 0 Å². The summed E-state index contributed by atoms with van der Waals surface area (Å²) in [6.45, 7) is 2.05. The Morgan fingerprint density at radius 2 is 2.15 bits per heavy atom. The minimum Gasteiger partial charge on any atom is -0.381 e. The maximum absolute atomic E-state index is 4.19. The van der Waals surface area contributed by atoms with Gasteiger partial charge in [-0.05, 0) is 23.9 Å². The number of hydrazone groups is 1. The van der Waals surface area contributed by atoms with Crippen molar-refractivity contribution in [3.63, 3.8) is 0 Å². The van der Waals surface area contributed by atoms with Gasteiger partial charge >= 0.3 is 0 Å². The largest absolute Gasteiger partial charge is 0.381 e. The molecule has 1 heterocycles. The Morgan fingerprint density at radius 3 is 2.77 bits per heavy atom.